The summed E-state index contributed by atoms with van der Waals surface area (Å²) in [5.74, 6) is 0.701. The fourth-order valence-corrected chi connectivity index (χ4v) is 2.39. The standard InChI is InChI=1S/C14H21N3O2/c1-3-15-13-8-11(7-10(2)16-13)14(19)17-6-4-5-12(18)9-17/h7-8,12,18H,3-6,9H2,1-2H3,(H,15,16). The fourth-order valence-electron chi connectivity index (χ4n) is 2.39. The number of hydrogen-bond acceptors (Lipinski definition) is 4. The average molecular weight is 263 g/mol. The molecular weight excluding hydrogens is 242 g/mol. The second-order valence-corrected chi connectivity index (χ2v) is 4.96. The Morgan fingerprint density at radius 3 is 3.05 bits per heavy atom. The number of likely N-dealkylation sites (tertiary alicyclic amines) is 1. The number of nitrogens with zero attached hydrogens (tertiary/aromatic N) is 2. The molecule has 1 fully saturated rings. The first-order chi connectivity index (χ1) is 9.10. The molecule has 5 nitrogen and oxygen atoms in total. The van der Waals surface area contributed by atoms with Crippen molar-refractivity contribution >= 4 is 11.7 Å². The van der Waals surface area contributed by atoms with Gasteiger partial charge in [0.15, 0.2) is 0 Å². The molecule has 1 aromatic heterocycles. The number of carbonyl (C=O) groups excluding carboxylic acids is 1. The van der Waals surface area contributed by atoms with Gasteiger partial charge in [-0.1, -0.05) is 0 Å². The molecule has 0 radical (unpaired) electrons. The molecule has 1 saturated heterocycles. The lowest BCUT2D eigenvalue weighted by atomic mass is 10.1. The quantitative estimate of drug-likeness (QED) is 0.865. The molecule has 1 amide bonds. The van der Waals surface area contributed by atoms with Crippen LogP contribution >= 0.6 is 0 Å². The lowest BCUT2D eigenvalue weighted by Gasteiger charge is -2.30. The fraction of sp³-hybridized carbons (Fsp3) is 0.571. The van der Waals surface area contributed by atoms with E-state index in [2.05, 4.69) is 10.3 Å². The van der Waals surface area contributed by atoms with Gasteiger partial charge >= 0.3 is 0 Å². The van der Waals surface area contributed by atoms with Crippen molar-refractivity contribution in [3.63, 3.8) is 0 Å². The van der Waals surface area contributed by atoms with Crippen molar-refractivity contribution in [1.29, 1.82) is 0 Å². The van der Waals surface area contributed by atoms with Gasteiger partial charge in [-0.15, -0.1) is 0 Å². The third-order valence-corrected chi connectivity index (χ3v) is 3.24. The second kappa shape index (κ2) is 6.02. The molecule has 2 N–H and O–H groups in total. The Balaban J connectivity index is 2.18. The molecule has 1 aromatic rings. The van der Waals surface area contributed by atoms with E-state index in [4.69, 9.17) is 0 Å². The molecule has 2 rings (SSSR count). The van der Waals surface area contributed by atoms with E-state index in [1.54, 1.807) is 17.0 Å². The molecule has 5 heteroatoms. The Kier molecular flexibility index (Phi) is 4.37. The normalized spacial score (nSPS) is 19.3. The van der Waals surface area contributed by atoms with Gasteiger partial charge < -0.3 is 15.3 Å². The number of nitrogens with one attached hydrogen (secondary N) is 1. The number of aromatic nitrogens is 1. The van der Waals surface area contributed by atoms with Gasteiger partial charge in [0.05, 0.1) is 6.10 Å². The molecule has 2 heterocycles. The first-order valence-corrected chi connectivity index (χ1v) is 6.80. The minimum Gasteiger partial charge on any atom is -0.391 e. The maximum absolute atomic E-state index is 12.4. The van der Waals surface area contributed by atoms with Gasteiger partial charge in [-0.3, -0.25) is 4.79 Å². The van der Waals surface area contributed by atoms with Crippen molar-refractivity contribution in [2.24, 2.45) is 0 Å². The molecule has 0 spiro atoms. The zero-order valence-corrected chi connectivity index (χ0v) is 11.5. The maximum atomic E-state index is 12.4. The smallest absolute Gasteiger partial charge is 0.254 e. The summed E-state index contributed by atoms with van der Waals surface area (Å²) in [6.07, 6.45) is 1.24. The number of rotatable bonds is 3. The van der Waals surface area contributed by atoms with Crippen molar-refractivity contribution in [1.82, 2.24) is 9.88 Å². The number of amides is 1. The Hall–Kier alpha value is -1.62. The molecule has 1 aliphatic rings. The van der Waals surface area contributed by atoms with Crippen molar-refractivity contribution in [3.05, 3.63) is 23.4 Å². The van der Waals surface area contributed by atoms with E-state index in [1.807, 2.05) is 13.8 Å². The Bertz CT molecular complexity index is 462. The monoisotopic (exact) mass is 263 g/mol. The second-order valence-electron chi connectivity index (χ2n) is 4.96. The number of pyridine rings is 1. The zero-order valence-electron chi connectivity index (χ0n) is 11.5. The third-order valence-electron chi connectivity index (χ3n) is 3.24. The number of aryl methyl sites for hydroxylation is 1. The Morgan fingerprint density at radius 2 is 2.37 bits per heavy atom. The summed E-state index contributed by atoms with van der Waals surface area (Å²) >= 11 is 0. The van der Waals surface area contributed by atoms with E-state index in [0.717, 1.165) is 30.9 Å². The minimum atomic E-state index is -0.395. The summed E-state index contributed by atoms with van der Waals surface area (Å²) in [5.41, 5.74) is 1.46. The lowest BCUT2D eigenvalue weighted by molar-refractivity contribution is 0.0473. The number of hydrogen-bond donors (Lipinski definition) is 2. The van der Waals surface area contributed by atoms with Gasteiger partial charge in [0, 0.05) is 30.9 Å². The molecule has 0 bridgehead atoms. The topological polar surface area (TPSA) is 65.5 Å². The van der Waals surface area contributed by atoms with Crippen LogP contribution in [0.4, 0.5) is 5.82 Å². The van der Waals surface area contributed by atoms with Crippen LogP contribution in [-0.2, 0) is 0 Å². The van der Waals surface area contributed by atoms with Crippen LogP contribution in [0.1, 0.15) is 35.8 Å². The molecular formula is C14H21N3O2. The van der Waals surface area contributed by atoms with E-state index in [9.17, 15) is 9.90 Å². The highest BCUT2D eigenvalue weighted by molar-refractivity contribution is 5.95. The van der Waals surface area contributed by atoms with E-state index in [1.165, 1.54) is 0 Å². The molecule has 104 valence electrons. The molecule has 1 unspecified atom stereocenters. The van der Waals surface area contributed by atoms with Crippen LogP contribution in [0.5, 0.6) is 0 Å². The number of anilines is 1. The molecule has 19 heavy (non-hydrogen) atoms. The SMILES string of the molecule is CCNc1cc(C(=O)N2CCCC(O)C2)cc(C)n1. The predicted octanol–water partition coefficient (Wildman–Crippen LogP) is 1.42. The van der Waals surface area contributed by atoms with Crippen LogP contribution in [0.3, 0.4) is 0 Å². The summed E-state index contributed by atoms with van der Waals surface area (Å²) in [7, 11) is 0. The van der Waals surface area contributed by atoms with Crippen molar-refractivity contribution in [2.45, 2.75) is 32.8 Å². The third kappa shape index (κ3) is 3.44. The highest BCUT2D eigenvalue weighted by atomic mass is 16.3. The van der Waals surface area contributed by atoms with Crippen LogP contribution < -0.4 is 5.32 Å². The van der Waals surface area contributed by atoms with Gasteiger partial charge in [0.25, 0.3) is 5.91 Å². The predicted molar refractivity (Wildman–Crippen MR) is 74.3 cm³/mol. The van der Waals surface area contributed by atoms with Gasteiger partial charge in [-0.2, -0.15) is 0 Å². The average Bonchev–Trinajstić information content (AvgIpc) is 2.37. The number of β-amino-alcohol motifs (C(OH)–C–C–N with tert-alkyl or cyclic N) is 1. The molecule has 1 atom stereocenters. The van der Waals surface area contributed by atoms with Crippen molar-refractivity contribution < 1.29 is 9.90 Å². The van der Waals surface area contributed by atoms with Crippen molar-refractivity contribution in [2.75, 3.05) is 25.0 Å². The summed E-state index contributed by atoms with van der Waals surface area (Å²) in [6.45, 7) is 5.78. The Morgan fingerprint density at radius 1 is 1.58 bits per heavy atom. The minimum absolute atomic E-state index is 0.0246. The summed E-state index contributed by atoms with van der Waals surface area (Å²) in [6, 6.07) is 3.57. The van der Waals surface area contributed by atoms with Gasteiger partial charge in [-0.25, -0.2) is 4.98 Å². The lowest BCUT2D eigenvalue weighted by Crippen LogP contribution is -2.42. The highest BCUT2D eigenvalue weighted by Gasteiger charge is 2.23. The largest absolute Gasteiger partial charge is 0.391 e. The molecule has 0 aromatic carbocycles. The number of carbonyl (C=O) groups is 1. The van der Waals surface area contributed by atoms with Crippen LogP contribution in [0.25, 0.3) is 0 Å². The van der Waals surface area contributed by atoms with Crippen LogP contribution in [-0.4, -0.2) is 46.6 Å². The van der Waals surface area contributed by atoms with E-state index < -0.39 is 6.10 Å². The summed E-state index contributed by atoms with van der Waals surface area (Å²) in [4.78, 5) is 18.5. The maximum Gasteiger partial charge on any atom is 0.254 e. The van der Waals surface area contributed by atoms with Gasteiger partial charge in [0.1, 0.15) is 5.82 Å². The number of aliphatic hydroxyl groups is 1. The molecule has 1 aliphatic heterocycles. The van der Waals surface area contributed by atoms with E-state index in [0.29, 0.717) is 18.7 Å². The van der Waals surface area contributed by atoms with Crippen LogP contribution in [0.15, 0.2) is 12.1 Å². The van der Waals surface area contributed by atoms with E-state index >= 15 is 0 Å². The van der Waals surface area contributed by atoms with Crippen LogP contribution in [0, 0.1) is 6.92 Å². The highest BCUT2D eigenvalue weighted by Crippen LogP contribution is 2.16. The van der Waals surface area contributed by atoms with Crippen LogP contribution in [0.2, 0.25) is 0 Å². The molecule has 0 saturated carbocycles. The van der Waals surface area contributed by atoms with Gasteiger partial charge in [-0.05, 0) is 38.8 Å². The summed E-state index contributed by atoms with van der Waals surface area (Å²) < 4.78 is 0. The summed E-state index contributed by atoms with van der Waals surface area (Å²) in [5, 5.41) is 12.8. The zero-order chi connectivity index (χ0) is 13.8. The first kappa shape index (κ1) is 13.8. The van der Waals surface area contributed by atoms with Gasteiger partial charge in [0.2, 0.25) is 0 Å². The van der Waals surface area contributed by atoms with E-state index in [-0.39, 0.29) is 5.91 Å². The van der Waals surface area contributed by atoms with Crippen molar-refractivity contribution in [3.8, 4) is 0 Å². The Labute approximate surface area is 113 Å². The molecule has 0 aliphatic carbocycles. The number of piperidine rings is 1. The number of aliphatic hydroxyl groups excluding tert-OH is 1. The first-order valence-electron chi connectivity index (χ1n) is 6.80.